The Morgan fingerprint density at radius 1 is 1.00 bits per heavy atom. The first-order chi connectivity index (χ1) is 26.4. The number of hydrogen-bond acceptors (Lipinski definition) is 6. The summed E-state index contributed by atoms with van der Waals surface area (Å²) in [6, 6.07) is 17.9. The number of anilines is 2. The third kappa shape index (κ3) is 6.45. The Hall–Kier alpha value is -5.05. The highest BCUT2D eigenvalue weighted by Gasteiger charge is 2.41. The lowest BCUT2D eigenvalue weighted by molar-refractivity contribution is -0.126. The third-order valence-corrected chi connectivity index (χ3v) is 11.8. The van der Waals surface area contributed by atoms with Crippen LogP contribution >= 0.6 is 23.2 Å². The summed E-state index contributed by atoms with van der Waals surface area (Å²) in [4.78, 5) is 40.5. The monoisotopic (exact) mass is 758 g/mol. The summed E-state index contributed by atoms with van der Waals surface area (Å²) in [6.07, 6.45) is 15.8. The molecule has 6 heterocycles. The van der Waals surface area contributed by atoms with E-state index < -0.39 is 0 Å². The molecule has 3 N–H and O–H groups in total. The molecule has 2 unspecified atom stereocenters. The minimum absolute atomic E-state index is 0.0547. The normalized spacial score (nSPS) is 21.3. The van der Waals surface area contributed by atoms with E-state index in [1.54, 1.807) is 6.20 Å². The first-order valence-corrected chi connectivity index (χ1v) is 19.5. The van der Waals surface area contributed by atoms with Gasteiger partial charge in [-0.25, -0.2) is 4.98 Å². The number of amides is 2. The van der Waals surface area contributed by atoms with Crippen LogP contribution in [0.3, 0.4) is 0 Å². The largest absolute Gasteiger partial charge is 0.381 e. The van der Waals surface area contributed by atoms with Crippen LogP contribution < -0.4 is 15.5 Å². The summed E-state index contributed by atoms with van der Waals surface area (Å²) in [5.41, 5.74) is 10.0. The summed E-state index contributed by atoms with van der Waals surface area (Å²) in [5, 5.41) is 8.75. The molecule has 2 amide bonds. The van der Waals surface area contributed by atoms with E-state index in [1.165, 1.54) is 0 Å². The van der Waals surface area contributed by atoms with Crippen LogP contribution in [0, 0.1) is 11.8 Å². The number of nitrogens with zero attached hydrogens (tertiary/aromatic N) is 3. The summed E-state index contributed by atoms with van der Waals surface area (Å²) >= 11 is 13.2. The average molecular weight is 760 g/mol. The number of rotatable bonds is 7. The predicted molar refractivity (Wildman–Crippen MR) is 214 cm³/mol. The highest BCUT2D eigenvalue weighted by atomic mass is 35.5. The van der Waals surface area contributed by atoms with Gasteiger partial charge in [-0.2, -0.15) is 0 Å². The molecule has 0 radical (unpaired) electrons. The molecular weight excluding hydrogens is 719 g/mol. The molecule has 0 spiro atoms. The second kappa shape index (κ2) is 14.6. The van der Waals surface area contributed by atoms with E-state index in [2.05, 4.69) is 55.4 Å². The fraction of sp³-hybridized carbons (Fsp3) is 0.302. The van der Waals surface area contributed by atoms with Gasteiger partial charge in [0.15, 0.2) is 5.82 Å². The molecule has 2 atom stereocenters. The van der Waals surface area contributed by atoms with Crippen molar-refractivity contribution in [1.82, 2.24) is 20.2 Å². The zero-order valence-electron chi connectivity index (χ0n) is 29.7. The molecule has 0 saturated carbocycles. The maximum absolute atomic E-state index is 14.7. The third-order valence-electron chi connectivity index (χ3n) is 11.3. The topological polar surface area (TPSA) is 103 Å². The zero-order valence-corrected chi connectivity index (χ0v) is 31.2. The minimum Gasteiger partial charge on any atom is -0.381 e. The second-order valence-corrected chi connectivity index (χ2v) is 15.4. The Labute approximate surface area is 324 Å². The second-order valence-electron chi connectivity index (χ2n) is 14.5. The molecule has 4 aromatic rings. The van der Waals surface area contributed by atoms with Crippen LogP contribution in [0.25, 0.3) is 22.2 Å². The Balaban J connectivity index is 1.07. The van der Waals surface area contributed by atoms with Gasteiger partial charge in [-0.1, -0.05) is 65.7 Å². The van der Waals surface area contributed by atoms with Gasteiger partial charge in [0, 0.05) is 88.7 Å². The van der Waals surface area contributed by atoms with Gasteiger partial charge < -0.3 is 30.2 Å². The van der Waals surface area contributed by atoms with Crippen molar-refractivity contribution in [2.24, 2.45) is 11.8 Å². The van der Waals surface area contributed by atoms with Crippen LogP contribution in [0.2, 0.25) is 5.02 Å². The number of aromatic amines is 1. The first kappa shape index (κ1) is 34.7. The Morgan fingerprint density at radius 2 is 1.81 bits per heavy atom. The van der Waals surface area contributed by atoms with Crippen LogP contribution in [0.15, 0.2) is 102 Å². The average Bonchev–Trinajstić information content (AvgIpc) is 3.59. The SMILES string of the molecule is O=C(Nc1cccnc1N1CCC(C(=O)NC2CCOCC2)CC1)c1[nH]c2cc(Cl)cc3c2c1C1=C(c2ccccc2)C=C=CN1C3C1C=CC(Cl)=CC1. The Kier molecular flexibility index (Phi) is 9.41. The maximum Gasteiger partial charge on any atom is 0.272 e. The molecule has 9 rings (SSSR count). The van der Waals surface area contributed by atoms with Crippen molar-refractivity contribution in [3.8, 4) is 0 Å². The number of ether oxygens (including phenoxy) is 1. The minimum atomic E-state index is -0.285. The molecule has 54 heavy (non-hydrogen) atoms. The number of hydrogen-bond donors (Lipinski definition) is 3. The molecule has 9 nitrogen and oxygen atoms in total. The Morgan fingerprint density at radius 3 is 2.59 bits per heavy atom. The molecule has 5 aliphatic rings. The summed E-state index contributed by atoms with van der Waals surface area (Å²) in [5.74, 6) is 0.560. The van der Waals surface area contributed by atoms with Crippen molar-refractivity contribution >= 4 is 68.7 Å². The summed E-state index contributed by atoms with van der Waals surface area (Å²) in [7, 11) is 0. The van der Waals surface area contributed by atoms with Crippen LogP contribution in [-0.2, 0) is 9.53 Å². The van der Waals surface area contributed by atoms with E-state index in [-0.39, 0.29) is 35.7 Å². The molecular formula is C43H40Cl2N6O3. The molecule has 4 aliphatic heterocycles. The van der Waals surface area contributed by atoms with Crippen LogP contribution in [0.4, 0.5) is 11.5 Å². The predicted octanol–water partition coefficient (Wildman–Crippen LogP) is 8.59. The zero-order chi connectivity index (χ0) is 36.8. The number of nitrogens with one attached hydrogen (secondary N) is 3. The van der Waals surface area contributed by atoms with E-state index in [9.17, 15) is 9.59 Å². The number of pyridine rings is 1. The number of piperidine rings is 1. The van der Waals surface area contributed by atoms with Crippen molar-refractivity contribution in [2.45, 2.75) is 44.2 Å². The highest BCUT2D eigenvalue weighted by Crippen LogP contribution is 2.53. The number of allylic oxidation sites excluding steroid dienone is 5. The quantitative estimate of drug-likeness (QED) is 0.163. The molecule has 2 saturated heterocycles. The molecule has 274 valence electrons. The van der Waals surface area contributed by atoms with Gasteiger partial charge in [0.05, 0.1) is 17.4 Å². The molecule has 2 fully saturated rings. The molecule has 2 aromatic carbocycles. The van der Waals surface area contributed by atoms with E-state index in [0.29, 0.717) is 61.4 Å². The Bertz CT molecular complexity index is 2290. The lowest BCUT2D eigenvalue weighted by atomic mass is 9.79. The number of fused-ring (bicyclic) bond motifs is 2. The van der Waals surface area contributed by atoms with Crippen molar-refractivity contribution in [2.75, 3.05) is 36.5 Å². The summed E-state index contributed by atoms with van der Waals surface area (Å²) < 4.78 is 5.45. The van der Waals surface area contributed by atoms with Crippen molar-refractivity contribution in [3.63, 3.8) is 0 Å². The van der Waals surface area contributed by atoms with Crippen LogP contribution in [-0.4, -0.2) is 59.0 Å². The fourth-order valence-electron chi connectivity index (χ4n) is 8.64. The highest BCUT2D eigenvalue weighted by molar-refractivity contribution is 6.32. The van der Waals surface area contributed by atoms with Gasteiger partial charge in [-0.15, -0.1) is 5.73 Å². The number of aromatic nitrogens is 2. The van der Waals surface area contributed by atoms with E-state index in [4.69, 9.17) is 32.9 Å². The van der Waals surface area contributed by atoms with Crippen LogP contribution in [0.5, 0.6) is 0 Å². The first-order valence-electron chi connectivity index (χ1n) is 18.7. The lowest BCUT2D eigenvalue weighted by Crippen LogP contribution is -2.45. The van der Waals surface area contributed by atoms with Gasteiger partial charge in [-0.05, 0) is 79.6 Å². The van der Waals surface area contributed by atoms with E-state index >= 15 is 0 Å². The van der Waals surface area contributed by atoms with Gasteiger partial charge in [0.2, 0.25) is 5.91 Å². The van der Waals surface area contributed by atoms with Gasteiger partial charge >= 0.3 is 0 Å². The standard InChI is InChI=1S/C43H40Cl2N6O3/c44-29-12-10-27(11-13-29)39-33-24-30(45)25-35-36(33)37(40-32(8-5-19-51(39)40)26-6-2-1-3-7-26)38(48-35)43(53)49-34-9-4-18-46-41(34)50-20-14-28(15-21-50)42(52)47-31-16-22-54-23-17-31/h1-4,6-10,12-13,18-19,24-25,27-28,31,39,48H,11,14-17,20-23H2,(H,47,52)(H,49,53). The summed E-state index contributed by atoms with van der Waals surface area (Å²) in [6.45, 7) is 2.70. The van der Waals surface area contributed by atoms with Crippen molar-refractivity contribution in [1.29, 1.82) is 0 Å². The number of benzene rings is 2. The molecule has 1 aliphatic carbocycles. The van der Waals surface area contributed by atoms with E-state index in [0.717, 1.165) is 63.2 Å². The van der Waals surface area contributed by atoms with Gasteiger partial charge in [0.1, 0.15) is 5.69 Å². The number of carbonyl (C=O) groups excluding carboxylic acids is 2. The van der Waals surface area contributed by atoms with Crippen molar-refractivity contribution < 1.29 is 14.3 Å². The molecule has 11 heteroatoms. The van der Waals surface area contributed by atoms with Crippen LogP contribution in [0.1, 0.15) is 65.3 Å². The number of H-pyrrole nitrogens is 1. The van der Waals surface area contributed by atoms with E-state index in [1.807, 2.05) is 60.8 Å². The van der Waals surface area contributed by atoms with Gasteiger partial charge in [0.25, 0.3) is 5.91 Å². The number of carbonyl (C=O) groups is 2. The number of halogens is 2. The molecule has 0 bridgehead atoms. The maximum atomic E-state index is 14.7. The van der Waals surface area contributed by atoms with Crippen molar-refractivity contribution in [3.05, 3.63) is 129 Å². The van der Waals surface area contributed by atoms with Gasteiger partial charge in [-0.3, -0.25) is 9.59 Å². The molecule has 2 aromatic heterocycles. The fourth-order valence-corrected chi connectivity index (χ4v) is 9.03. The lowest BCUT2D eigenvalue weighted by Gasteiger charge is -2.42. The smallest absolute Gasteiger partial charge is 0.272 e.